The van der Waals surface area contributed by atoms with E-state index in [1.54, 1.807) is 0 Å². The second kappa shape index (κ2) is 16.1. The first-order chi connectivity index (χ1) is 29.1. The summed E-state index contributed by atoms with van der Waals surface area (Å²) < 4.78 is 32.3. The van der Waals surface area contributed by atoms with Gasteiger partial charge in [-0.1, -0.05) is 138 Å². The van der Waals surface area contributed by atoms with Crippen LogP contribution in [-0.2, 0) is 31.9 Å². The summed E-state index contributed by atoms with van der Waals surface area (Å²) in [6.07, 6.45) is 0.531. The van der Waals surface area contributed by atoms with Gasteiger partial charge < -0.3 is 18.4 Å². The predicted octanol–water partition coefficient (Wildman–Crippen LogP) is 13.9. The van der Waals surface area contributed by atoms with Crippen LogP contribution < -0.4 is 5.19 Å². The van der Waals surface area contributed by atoms with Crippen LogP contribution >= 0.6 is 0 Å². The maximum atomic E-state index is 8.69. The van der Waals surface area contributed by atoms with Gasteiger partial charge in [0, 0.05) is 45.2 Å². The van der Waals surface area contributed by atoms with Crippen molar-refractivity contribution in [3.63, 3.8) is 0 Å². The summed E-state index contributed by atoms with van der Waals surface area (Å²) in [7, 11) is -1.71. The van der Waals surface area contributed by atoms with E-state index in [1.807, 2.05) is 92.8 Å². The van der Waals surface area contributed by atoms with Crippen molar-refractivity contribution in [3.05, 3.63) is 157 Å². The minimum absolute atomic E-state index is 0. The number of rotatable bonds is 6. The van der Waals surface area contributed by atoms with Crippen molar-refractivity contribution < 1.29 is 31.7 Å². The van der Waals surface area contributed by atoms with Crippen molar-refractivity contribution >= 4 is 68.2 Å². The Bertz CT molecular complexity index is 3260. The molecule has 0 saturated carbocycles. The van der Waals surface area contributed by atoms with Gasteiger partial charge in [0.05, 0.1) is 36.2 Å². The molecule has 10 aromatic rings. The standard InChI is InChI=1S/C31H17N2O2.C22H32NSi.Ir/c1-5-17-27-19(9-1)21-11-7-13-23(29(21)34-27)31-32-24-14-3-4-15-25(24)33(31)26-16-8-12-22-20-10-2-6-18-28(20)35-30(22)26;1-16(2)12-18-14-20(23-15-21(18)24(6,7)8)17-10-9-11-19(13-17)22(3,4)5;/h1-12,14-18H;9,11,13-16H,12H2,1-8H3;/q2*-1;/i;12D2;. The third-order valence-electron chi connectivity index (χ3n) is 10.8. The zero-order valence-corrected chi connectivity index (χ0v) is 38.7. The van der Waals surface area contributed by atoms with Gasteiger partial charge in [0.1, 0.15) is 11.2 Å². The summed E-state index contributed by atoms with van der Waals surface area (Å²) in [5.74, 6) is 0.668. The molecule has 0 aliphatic rings. The molecule has 0 aliphatic carbocycles. The smallest absolute Gasteiger partial charge is 0.158 e. The second-order valence-corrected chi connectivity index (χ2v) is 22.6. The Morgan fingerprint density at radius 2 is 1.37 bits per heavy atom. The number of nitrogens with zero attached hydrogens (tertiary/aromatic N) is 3. The predicted molar refractivity (Wildman–Crippen MR) is 249 cm³/mol. The number of furan rings is 2. The van der Waals surface area contributed by atoms with Gasteiger partial charge >= 0.3 is 0 Å². The summed E-state index contributed by atoms with van der Waals surface area (Å²) in [6.45, 7) is 17.2. The minimum Gasteiger partial charge on any atom is -0.501 e. The molecular weight excluding hydrogens is 931 g/mol. The van der Waals surface area contributed by atoms with Crippen LogP contribution in [0.3, 0.4) is 0 Å². The summed E-state index contributed by atoms with van der Waals surface area (Å²) >= 11 is 0. The van der Waals surface area contributed by atoms with Gasteiger partial charge in [-0.25, -0.2) is 0 Å². The first kappa shape index (κ1) is 38.6. The van der Waals surface area contributed by atoms with Crippen molar-refractivity contribution in [1.29, 1.82) is 0 Å². The molecule has 4 aromatic heterocycles. The molecule has 0 fully saturated rings. The van der Waals surface area contributed by atoms with Crippen molar-refractivity contribution in [2.45, 2.75) is 66.0 Å². The average molecular weight is 982 g/mol. The van der Waals surface area contributed by atoms with Gasteiger partial charge in [0.25, 0.3) is 0 Å². The van der Waals surface area contributed by atoms with Crippen molar-refractivity contribution in [3.8, 4) is 28.3 Å². The third kappa shape index (κ3) is 7.67. The quantitative estimate of drug-likeness (QED) is 0.123. The Morgan fingerprint density at radius 1 is 0.733 bits per heavy atom. The van der Waals surface area contributed by atoms with Crippen molar-refractivity contribution in [2.24, 2.45) is 5.92 Å². The Labute approximate surface area is 369 Å². The van der Waals surface area contributed by atoms with Crippen LogP contribution in [0.25, 0.3) is 83.2 Å². The fourth-order valence-corrected chi connectivity index (χ4v) is 9.32. The summed E-state index contributed by atoms with van der Waals surface area (Å²) in [4.78, 5) is 9.78. The van der Waals surface area contributed by atoms with Gasteiger partial charge in [-0.2, -0.15) is 0 Å². The molecule has 0 atom stereocenters. The molecular formula is C53H49IrN3O2Si-2. The van der Waals surface area contributed by atoms with E-state index in [2.05, 4.69) is 112 Å². The molecule has 4 heterocycles. The van der Waals surface area contributed by atoms with Crippen molar-refractivity contribution in [1.82, 2.24) is 14.5 Å². The summed E-state index contributed by atoms with van der Waals surface area (Å²) in [6, 6.07) is 49.5. The number of benzene rings is 6. The Morgan fingerprint density at radius 3 is 2.07 bits per heavy atom. The molecule has 0 aliphatic heterocycles. The van der Waals surface area contributed by atoms with Crippen LogP contribution in [0.2, 0.25) is 19.6 Å². The molecule has 0 amide bonds. The molecule has 303 valence electrons. The summed E-state index contributed by atoms with van der Waals surface area (Å²) in [5.41, 5.74) is 10.8. The number of hydrogen-bond donors (Lipinski definition) is 0. The van der Waals surface area contributed by atoms with E-state index in [4.69, 9.17) is 21.5 Å². The molecule has 5 nitrogen and oxygen atoms in total. The molecule has 6 aromatic carbocycles. The maximum absolute atomic E-state index is 8.69. The molecule has 60 heavy (non-hydrogen) atoms. The van der Waals surface area contributed by atoms with E-state index in [0.29, 0.717) is 0 Å². The first-order valence-corrected chi connectivity index (χ1v) is 23.9. The summed E-state index contributed by atoms with van der Waals surface area (Å²) in [5, 5.41) is 5.41. The number of para-hydroxylation sites is 5. The number of fused-ring (bicyclic) bond motifs is 7. The van der Waals surface area contributed by atoms with Crippen LogP contribution in [0.5, 0.6) is 0 Å². The normalized spacial score (nSPS) is 12.8. The van der Waals surface area contributed by atoms with Crippen LogP contribution in [0, 0.1) is 18.1 Å². The van der Waals surface area contributed by atoms with E-state index in [1.165, 1.54) is 5.56 Å². The van der Waals surface area contributed by atoms with E-state index in [0.717, 1.165) is 94.0 Å². The molecule has 1 radical (unpaired) electrons. The van der Waals surface area contributed by atoms with Crippen molar-refractivity contribution in [2.75, 3.05) is 0 Å². The van der Waals surface area contributed by atoms with Crippen LogP contribution in [0.1, 0.15) is 48.5 Å². The zero-order chi connectivity index (χ0) is 42.8. The molecule has 10 rings (SSSR count). The Hall–Kier alpha value is -5.59. The molecule has 7 heteroatoms. The Kier molecular flexibility index (Phi) is 10.4. The van der Waals surface area contributed by atoms with Crippen LogP contribution in [0.4, 0.5) is 0 Å². The third-order valence-corrected chi connectivity index (χ3v) is 12.9. The molecule has 0 bridgehead atoms. The monoisotopic (exact) mass is 982 g/mol. The van der Waals surface area contributed by atoms with Gasteiger partial charge in [0.2, 0.25) is 0 Å². The first-order valence-electron chi connectivity index (χ1n) is 21.4. The molecule has 0 N–H and O–H groups in total. The van der Waals surface area contributed by atoms with Gasteiger partial charge in [-0.3, -0.25) is 4.98 Å². The number of hydrogen-bond acceptors (Lipinski definition) is 4. The zero-order valence-electron chi connectivity index (χ0n) is 37.3. The van der Waals surface area contributed by atoms with E-state index in [-0.39, 0.29) is 31.4 Å². The number of aromatic nitrogens is 3. The Balaban J connectivity index is 0.000000177. The number of imidazole rings is 1. The second-order valence-electron chi connectivity index (χ2n) is 17.6. The topological polar surface area (TPSA) is 57.0 Å². The fraction of sp³-hybridized carbons (Fsp3) is 0.208. The van der Waals surface area contributed by atoms with Gasteiger partial charge in [-0.15, -0.1) is 53.6 Å². The number of pyridine rings is 1. The van der Waals surface area contributed by atoms with Gasteiger partial charge in [0.15, 0.2) is 5.58 Å². The maximum Gasteiger partial charge on any atom is 0.158 e. The van der Waals surface area contributed by atoms with Crippen LogP contribution in [0.15, 0.2) is 142 Å². The fourth-order valence-electron chi connectivity index (χ4n) is 7.91. The largest absolute Gasteiger partial charge is 0.501 e. The van der Waals surface area contributed by atoms with E-state index in [9.17, 15) is 0 Å². The van der Waals surface area contributed by atoms with Crippen LogP contribution in [-0.4, -0.2) is 22.6 Å². The van der Waals surface area contributed by atoms with E-state index < -0.39 is 14.4 Å². The van der Waals surface area contributed by atoms with Gasteiger partial charge in [-0.05, 0) is 58.9 Å². The molecule has 0 spiro atoms. The molecule has 0 unspecified atom stereocenters. The van der Waals surface area contributed by atoms with E-state index >= 15 is 0 Å². The minimum atomic E-state index is -1.71. The molecule has 0 saturated heterocycles. The SMILES string of the molecule is [2H]C([2H])(c1cc(-c2[c-]ccc(C(C)(C)C)c2)ncc1[Si](C)(C)C)C(C)C.[Ir].[c-]1ccc2c(oc3ccccc32)c1-c1nc2ccccc2n1-c1cccc2c1oc1ccccc12. The average Bonchev–Trinajstić information content (AvgIpc) is 3.95.